The molecule has 1 saturated heterocycles. The number of methoxy groups -OCH3 is 1. The number of urea groups is 1. The molecule has 121 heavy (non-hydrogen) atoms. The highest BCUT2D eigenvalue weighted by atomic mass is 16.5. The van der Waals surface area contributed by atoms with Crippen molar-refractivity contribution in [3.63, 3.8) is 0 Å². The molecule has 1 unspecified atom stereocenters. The van der Waals surface area contributed by atoms with Gasteiger partial charge in [0.05, 0.1) is 13.7 Å². The Labute approximate surface area is 710 Å². The molecule has 0 bridgehead atoms. The predicted molar refractivity (Wildman–Crippen MR) is 496 cm³/mol. The quantitative estimate of drug-likeness (QED) is 0.0345. The van der Waals surface area contributed by atoms with Crippen LogP contribution in [0.25, 0.3) is 54.5 Å². The van der Waals surface area contributed by atoms with Crippen LogP contribution in [0.2, 0.25) is 0 Å². The van der Waals surface area contributed by atoms with Crippen LogP contribution in [0.3, 0.4) is 0 Å². The van der Waals surface area contributed by atoms with Gasteiger partial charge in [0.2, 0.25) is 17.7 Å². The van der Waals surface area contributed by atoms with Crippen molar-refractivity contribution in [3.8, 4) is 0 Å². The van der Waals surface area contributed by atoms with Crippen molar-refractivity contribution in [3.05, 3.63) is 329 Å². The molecule has 1 aliphatic heterocycles. The van der Waals surface area contributed by atoms with Crippen LogP contribution in [0.4, 0.5) is 38.0 Å². The summed E-state index contributed by atoms with van der Waals surface area (Å²) in [5.74, 6) is 1.39. The summed E-state index contributed by atoms with van der Waals surface area (Å²) in [4.78, 5) is 57.0. The van der Waals surface area contributed by atoms with Gasteiger partial charge < -0.3 is 58.9 Å². The number of carbonyl (C=O) groups excluding carboxylic acids is 5. The summed E-state index contributed by atoms with van der Waals surface area (Å²) >= 11 is 0. The lowest BCUT2D eigenvalue weighted by molar-refractivity contribution is -0.117. The van der Waals surface area contributed by atoms with Gasteiger partial charge in [0.1, 0.15) is 0 Å². The van der Waals surface area contributed by atoms with Crippen molar-refractivity contribution in [1.82, 2.24) is 28.2 Å². The molecule has 2 fully saturated rings. The second-order valence-electron chi connectivity index (χ2n) is 31.9. The van der Waals surface area contributed by atoms with Crippen LogP contribution in [-0.2, 0) is 75.8 Å². The number of rotatable bonds is 24. The van der Waals surface area contributed by atoms with E-state index in [1.807, 2.05) is 66.7 Å². The molecule has 6 amide bonds. The molecule has 1 aliphatic carbocycles. The first-order valence-electron chi connectivity index (χ1n) is 42.5. The van der Waals surface area contributed by atoms with Crippen LogP contribution < -0.4 is 31.9 Å². The number of nitrogens with zero attached hydrogens (tertiary/aromatic N) is 5. The number of aromatic nitrogens is 5. The molecule has 18 heteroatoms. The largest absolute Gasteiger partial charge is 0.453 e. The van der Waals surface area contributed by atoms with Crippen molar-refractivity contribution in [2.45, 2.75) is 151 Å². The van der Waals surface area contributed by atoms with Crippen LogP contribution >= 0.6 is 0 Å². The minimum atomic E-state index is -0.459. The Hall–Kier alpha value is -13.2. The van der Waals surface area contributed by atoms with Crippen LogP contribution in [0.5, 0.6) is 0 Å². The summed E-state index contributed by atoms with van der Waals surface area (Å²) in [6, 6.07) is 84.5. The number of hydrogen-bond donors (Lipinski definition) is 6. The van der Waals surface area contributed by atoms with E-state index < -0.39 is 6.09 Å². The van der Waals surface area contributed by atoms with Gasteiger partial charge in [0.25, 0.3) is 0 Å². The van der Waals surface area contributed by atoms with Gasteiger partial charge in [-0.15, -0.1) is 0 Å². The molecule has 18 nitrogen and oxygen atoms in total. The lowest BCUT2D eigenvalue weighted by atomic mass is 9.97. The number of amides is 6. The molecule has 5 aromatic heterocycles. The smallest absolute Gasteiger partial charge is 0.411 e. The maximum atomic E-state index is 11.9. The average Bonchev–Trinajstić information content (AvgIpc) is 1.69. The molecule has 17 rings (SSSR count). The van der Waals surface area contributed by atoms with E-state index in [1.54, 1.807) is 7.05 Å². The third-order valence-electron chi connectivity index (χ3n) is 22.1. The highest BCUT2D eigenvalue weighted by Gasteiger charge is 2.30. The minimum Gasteiger partial charge on any atom is -0.453 e. The topological polar surface area (TPSA) is 201 Å². The predicted octanol–water partition coefficient (Wildman–Crippen LogP) is 23.1. The zero-order valence-corrected chi connectivity index (χ0v) is 71.1. The normalized spacial score (nSPS) is 12.8. The molecular weight excluding hydrogens is 1500 g/mol. The minimum absolute atomic E-state index is 0.0454. The summed E-state index contributed by atoms with van der Waals surface area (Å²) in [7, 11) is 2.96. The van der Waals surface area contributed by atoms with E-state index >= 15 is 0 Å². The third-order valence-corrected chi connectivity index (χ3v) is 22.1. The number of nitrogens with one attached hydrogen (secondary N) is 6. The van der Waals surface area contributed by atoms with E-state index in [9.17, 15) is 24.0 Å². The van der Waals surface area contributed by atoms with E-state index in [2.05, 4.69) is 301 Å². The molecule has 10 aromatic carbocycles. The zero-order valence-electron chi connectivity index (χ0n) is 71.1. The lowest BCUT2D eigenvalue weighted by Crippen LogP contribution is -2.24. The SMILES string of the molecule is CC(=O)Nc1ccc2c(ccn2Cc2ccc(C3CCOC3)cc2)c1.CCCc1ccc(Cn2ccc3cc(NC(=O)C4CC4)ccc32)cc1.CCCc1ccc(Cn2ccc3cc(NC(=O)NC)ccc32)cc1.CCCc1ccc(Cn2ccc3cc(NC(C)=O)ccc32)cc1.COC(=O)Nc1ccc2c(ccn2Cc2ccc(C(C)C)cc2)c1. The number of anilines is 5. The van der Waals surface area contributed by atoms with E-state index in [-0.39, 0.29) is 29.7 Å². The van der Waals surface area contributed by atoms with Crippen LogP contribution in [0.15, 0.2) is 274 Å². The summed E-state index contributed by atoms with van der Waals surface area (Å²) in [6.45, 7) is 20.0. The first kappa shape index (κ1) is 85.7. The van der Waals surface area contributed by atoms with Crippen molar-refractivity contribution in [1.29, 1.82) is 0 Å². The van der Waals surface area contributed by atoms with Gasteiger partial charge in [-0.05, 0) is 221 Å². The first-order chi connectivity index (χ1) is 58.8. The van der Waals surface area contributed by atoms with Crippen LogP contribution in [0.1, 0.15) is 154 Å². The van der Waals surface area contributed by atoms with Gasteiger partial charge >= 0.3 is 12.1 Å². The Morgan fingerprint density at radius 3 is 0.975 bits per heavy atom. The van der Waals surface area contributed by atoms with Gasteiger partial charge in [0.15, 0.2) is 0 Å². The number of fused-ring (bicyclic) bond motifs is 5. The molecule has 0 radical (unpaired) electrons. The fourth-order valence-electron chi connectivity index (χ4n) is 15.4. The Kier molecular flexibility index (Phi) is 29.4. The molecule has 1 atom stereocenters. The zero-order chi connectivity index (χ0) is 84.7. The summed E-state index contributed by atoms with van der Waals surface area (Å²) < 4.78 is 21.3. The lowest BCUT2D eigenvalue weighted by Gasteiger charge is -2.10. The Morgan fingerprint density at radius 2 is 0.686 bits per heavy atom. The van der Waals surface area contributed by atoms with Crippen molar-refractivity contribution < 1.29 is 33.4 Å². The Morgan fingerprint density at radius 1 is 0.380 bits per heavy atom. The third kappa shape index (κ3) is 23.8. The Bertz CT molecular complexity index is 5980. The van der Waals surface area contributed by atoms with E-state index in [0.29, 0.717) is 11.8 Å². The maximum absolute atomic E-state index is 11.9. The van der Waals surface area contributed by atoms with Gasteiger partial charge in [-0.3, -0.25) is 19.7 Å². The van der Waals surface area contributed by atoms with Gasteiger partial charge in [0, 0.05) is 186 Å². The van der Waals surface area contributed by atoms with E-state index in [1.165, 1.54) is 112 Å². The number of hydrogen-bond acceptors (Lipinski definition) is 7. The van der Waals surface area contributed by atoms with Gasteiger partial charge in [-0.25, -0.2) is 9.59 Å². The summed E-state index contributed by atoms with van der Waals surface area (Å²) in [5, 5.41) is 22.4. The van der Waals surface area contributed by atoms with Crippen molar-refractivity contribution in [2.24, 2.45) is 5.92 Å². The fourth-order valence-corrected chi connectivity index (χ4v) is 15.4. The molecule has 6 N–H and O–H groups in total. The van der Waals surface area contributed by atoms with E-state index in [4.69, 9.17) is 4.74 Å². The second kappa shape index (κ2) is 41.5. The van der Waals surface area contributed by atoms with Crippen LogP contribution in [-0.4, -0.2) is 80.1 Å². The number of ether oxygens (including phenoxy) is 2. The molecular formula is C103H113N11O7. The van der Waals surface area contributed by atoms with E-state index in [0.717, 1.165) is 151 Å². The maximum Gasteiger partial charge on any atom is 0.411 e. The number of carbonyl (C=O) groups is 5. The molecule has 0 spiro atoms. The van der Waals surface area contributed by atoms with Crippen molar-refractivity contribution >= 4 is 113 Å². The standard InChI is InChI=1S/C22H24N2O.C21H22N2O2.C20H23N3O.C20H22N2O2.C20H22N2O/c1-2-3-16-4-6-17(7-5-16)15-24-13-12-19-14-20(10-11-21(19)24)23-22(25)18-8-9-18;1-15(24)22-20-6-7-21-18(12-20)8-10-23(21)13-16-2-4-17(5-3-16)19-9-11-25-14-19;1-3-4-15-5-7-16(8-6-15)14-23-12-11-17-13-18(9-10-19(17)23)22-20(24)21-2;1-14(2)16-6-4-15(5-7-16)13-22-11-10-17-12-18(8-9-19(17)22)21-20(23)24-3;1-3-4-16-5-7-17(8-6-16)14-22-12-11-18-13-19(21-15(2)23)9-10-20(18)22/h4-7,10-14,18H,2-3,8-9,15H2,1H3,(H,23,25);2-8,10,12,19H,9,11,13-14H2,1H3,(H,22,24);5-13H,3-4,14H2,1-2H3,(H2,21,22,24);4-12,14H,13H2,1-3H3,(H,21,23);5-13H,3-4,14H2,1-2H3,(H,21,23). The summed E-state index contributed by atoms with van der Waals surface area (Å²) in [6.07, 6.45) is 20.2. The van der Waals surface area contributed by atoms with Gasteiger partial charge in [-0.1, -0.05) is 175 Å². The second-order valence-corrected chi connectivity index (χ2v) is 31.9. The summed E-state index contributed by atoms with van der Waals surface area (Å²) in [5.41, 5.74) is 23.3. The highest BCUT2D eigenvalue weighted by Crippen LogP contribution is 2.33. The number of aryl methyl sites for hydroxylation is 3. The molecule has 15 aromatic rings. The molecule has 2 aliphatic rings. The Balaban J connectivity index is 0.000000131. The van der Waals surface area contributed by atoms with Gasteiger partial charge in [-0.2, -0.15) is 0 Å². The fraction of sp³-hybridized carbons (Fsp3) is 0.272. The average molecular weight is 1620 g/mol. The number of benzene rings is 10. The van der Waals surface area contributed by atoms with Crippen LogP contribution in [0, 0.1) is 5.92 Å². The molecule has 1 saturated carbocycles. The molecule has 622 valence electrons. The molecule has 6 heterocycles. The monoisotopic (exact) mass is 1620 g/mol. The highest BCUT2D eigenvalue weighted by molar-refractivity contribution is 5.98. The van der Waals surface area contributed by atoms with Crippen molar-refractivity contribution in [2.75, 3.05) is 54.0 Å². The first-order valence-corrected chi connectivity index (χ1v) is 42.5.